The van der Waals surface area contributed by atoms with Crippen LogP contribution in [0.4, 0.5) is 16.4 Å². The molecule has 11 heteroatoms. The van der Waals surface area contributed by atoms with E-state index < -0.39 is 6.03 Å². The zero-order chi connectivity index (χ0) is 27.4. The lowest BCUT2D eigenvalue weighted by atomic mass is 9.96. The van der Waals surface area contributed by atoms with Crippen LogP contribution in [0.25, 0.3) is 0 Å². The number of hydrogen-bond donors (Lipinski definition) is 1. The van der Waals surface area contributed by atoms with Gasteiger partial charge in [-0.2, -0.15) is 5.26 Å². The van der Waals surface area contributed by atoms with E-state index in [2.05, 4.69) is 21.4 Å². The van der Waals surface area contributed by atoms with Crippen LogP contribution in [0.1, 0.15) is 52.0 Å². The lowest BCUT2D eigenvalue weighted by Crippen LogP contribution is -2.40. The number of nitriles is 1. The normalized spacial score (nSPS) is 20.3. The third kappa shape index (κ3) is 5.92. The van der Waals surface area contributed by atoms with Crippen LogP contribution >= 0.6 is 0 Å². The van der Waals surface area contributed by atoms with Gasteiger partial charge in [0.1, 0.15) is 23.4 Å². The van der Waals surface area contributed by atoms with E-state index >= 15 is 0 Å². The SMILES string of the molecule is CN(Cc1cc2c(nc1C=O)N(C(=O)Nc1cc(C[C@@H]3CCOC3)c(C#N)cn1)CCC2)C(=O)[C@H]1CCOC1. The molecule has 0 saturated carbocycles. The first-order chi connectivity index (χ1) is 19.0. The molecular formula is C28H32N6O5. The highest BCUT2D eigenvalue weighted by atomic mass is 16.5. The summed E-state index contributed by atoms with van der Waals surface area (Å²) in [4.78, 5) is 50.0. The molecule has 0 radical (unpaired) electrons. The molecule has 2 aromatic heterocycles. The molecule has 0 unspecified atom stereocenters. The maximum absolute atomic E-state index is 13.3. The predicted molar refractivity (Wildman–Crippen MR) is 141 cm³/mol. The number of aromatic nitrogens is 2. The Balaban J connectivity index is 1.33. The first-order valence-electron chi connectivity index (χ1n) is 13.3. The second-order valence-electron chi connectivity index (χ2n) is 10.3. The number of anilines is 2. The van der Waals surface area contributed by atoms with Crippen molar-refractivity contribution in [2.75, 3.05) is 50.2 Å². The molecule has 3 amide bonds. The minimum atomic E-state index is -0.408. The highest BCUT2D eigenvalue weighted by molar-refractivity contribution is 6.01. The molecule has 204 valence electrons. The van der Waals surface area contributed by atoms with Gasteiger partial charge in [0.05, 0.1) is 18.1 Å². The summed E-state index contributed by atoms with van der Waals surface area (Å²) in [6.07, 6.45) is 5.89. The second kappa shape index (κ2) is 11.9. The largest absolute Gasteiger partial charge is 0.381 e. The van der Waals surface area contributed by atoms with E-state index in [1.165, 1.54) is 11.1 Å². The van der Waals surface area contributed by atoms with Crippen LogP contribution < -0.4 is 10.2 Å². The van der Waals surface area contributed by atoms with Crippen molar-refractivity contribution in [3.05, 3.63) is 46.3 Å². The van der Waals surface area contributed by atoms with Crippen molar-refractivity contribution in [2.45, 2.75) is 38.6 Å². The van der Waals surface area contributed by atoms with Gasteiger partial charge < -0.3 is 14.4 Å². The number of pyridine rings is 2. The number of nitrogens with zero attached hydrogens (tertiary/aromatic N) is 5. The summed E-state index contributed by atoms with van der Waals surface area (Å²) in [6, 6.07) is 5.39. The van der Waals surface area contributed by atoms with E-state index in [0.29, 0.717) is 80.6 Å². The molecule has 3 aliphatic rings. The third-order valence-corrected chi connectivity index (χ3v) is 7.57. The number of amides is 3. The Morgan fingerprint density at radius 2 is 2.05 bits per heavy atom. The van der Waals surface area contributed by atoms with Gasteiger partial charge in [0.15, 0.2) is 6.29 Å². The van der Waals surface area contributed by atoms with Gasteiger partial charge in [0.25, 0.3) is 0 Å². The van der Waals surface area contributed by atoms with Crippen LogP contribution in [-0.2, 0) is 33.7 Å². The zero-order valence-electron chi connectivity index (χ0n) is 22.0. The maximum Gasteiger partial charge on any atom is 0.328 e. The lowest BCUT2D eigenvalue weighted by Gasteiger charge is -2.29. The highest BCUT2D eigenvalue weighted by Crippen LogP contribution is 2.29. The van der Waals surface area contributed by atoms with Gasteiger partial charge in [-0.1, -0.05) is 0 Å². The summed E-state index contributed by atoms with van der Waals surface area (Å²) in [6.45, 7) is 3.06. The van der Waals surface area contributed by atoms with Crippen molar-refractivity contribution >= 4 is 29.9 Å². The average Bonchev–Trinajstić information content (AvgIpc) is 3.67. The number of carbonyl (C=O) groups excluding carboxylic acids is 3. The second-order valence-corrected chi connectivity index (χ2v) is 10.3. The van der Waals surface area contributed by atoms with E-state index in [1.54, 1.807) is 18.0 Å². The molecule has 0 bridgehead atoms. The van der Waals surface area contributed by atoms with Gasteiger partial charge in [-0.3, -0.25) is 19.8 Å². The number of carbonyl (C=O) groups is 3. The maximum atomic E-state index is 13.3. The van der Waals surface area contributed by atoms with Gasteiger partial charge in [0, 0.05) is 51.7 Å². The number of rotatable bonds is 7. The minimum Gasteiger partial charge on any atom is -0.381 e. The van der Waals surface area contributed by atoms with Crippen molar-refractivity contribution in [1.29, 1.82) is 5.26 Å². The summed E-state index contributed by atoms with van der Waals surface area (Å²) >= 11 is 0. The van der Waals surface area contributed by atoms with E-state index in [9.17, 15) is 19.6 Å². The molecule has 2 saturated heterocycles. The van der Waals surface area contributed by atoms with Crippen LogP contribution in [0.2, 0.25) is 0 Å². The fourth-order valence-corrected chi connectivity index (χ4v) is 5.43. The molecule has 0 aromatic carbocycles. The van der Waals surface area contributed by atoms with Crippen molar-refractivity contribution in [2.24, 2.45) is 11.8 Å². The first-order valence-corrected chi connectivity index (χ1v) is 13.3. The van der Waals surface area contributed by atoms with Crippen LogP contribution in [0.5, 0.6) is 0 Å². The molecule has 5 heterocycles. The fraction of sp³-hybridized carbons (Fsp3) is 0.500. The summed E-state index contributed by atoms with van der Waals surface area (Å²) in [5, 5.41) is 12.4. The Morgan fingerprint density at radius 1 is 1.23 bits per heavy atom. The topological polar surface area (TPSA) is 138 Å². The smallest absolute Gasteiger partial charge is 0.328 e. The predicted octanol–water partition coefficient (Wildman–Crippen LogP) is 2.72. The summed E-state index contributed by atoms with van der Waals surface area (Å²) in [7, 11) is 1.72. The highest BCUT2D eigenvalue weighted by Gasteiger charge is 2.29. The standard InChI is InChI=1S/C28H32N6O5/c1-33(27(36)20-5-8-39-17-20)14-22-10-19-3-2-6-34(26(19)31-24(22)15-35)28(37)32-25-11-21(23(12-29)13-30-25)9-18-4-7-38-16-18/h10-11,13,15,18,20H,2-9,14,16-17H2,1H3,(H,30,32,37)/t18-,20-/m0/s1. The van der Waals surface area contributed by atoms with Gasteiger partial charge in [0.2, 0.25) is 5.91 Å². The number of fused-ring (bicyclic) bond motifs is 1. The van der Waals surface area contributed by atoms with Crippen LogP contribution in [0, 0.1) is 23.2 Å². The zero-order valence-corrected chi connectivity index (χ0v) is 22.0. The van der Waals surface area contributed by atoms with Gasteiger partial charge in [-0.25, -0.2) is 14.8 Å². The van der Waals surface area contributed by atoms with Crippen molar-refractivity contribution in [1.82, 2.24) is 14.9 Å². The van der Waals surface area contributed by atoms with Crippen LogP contribution in [0.3, 0.4) is 0 Å². The Hall–Kier alpha value is -3.88. The molecule has 5 rings (SSSR count). The van der Waals surface area contributed by atoms with Crippen molar-refractivity contribution < 1.29 is 23.9 Å². The quantitative estimate of drug-likeness (QED) is 0.538. The Labute approximate surface area is 227 Å². The number of nitrogens with one attached hydrogen (secondary N) is 1. The van der Waals surface area contributed by atoms with E-state index in [1.807, 2.05) is 6.07 Å². The minimum absolute atomic E-state index is 0.0159. The Bertz CT molecular complexity index is 1300. The average molecular weight is 533 g/mol. The third-order valence-electron chi connectivity index (χ3n) is 7.57. The number of ether oxygens (including phenoxy) is 2. The van der Waals surface area contributed by atoms with E-state index in [4.69, 9.17) is 9.47 Å². The number of aldehydes is 1. The Morgan fingerprint density at radius 3 is 2.77 bits per heavy atom. The van der Waals surface area contributed by atoms with E-state index in [-0.39, 0.29) is 24.1 Å². The molecule has 39 heavy (non-hydrogen) atoms. The van der Waals surface area contributed by atoms with Crippen LogP contribution in [0.15, 0.2) is 18.3 Å². The number of hydrogen-bond acceptors (Lipinski definition) is 8. The summed E-state index contributed by atoms with van der Waals surface area (Å²) in [5.41, 5.74) is 3.00. The molecule has 0 aliphatic carbocycles. The molecular weight excluding hydrogens is 500 g/mol. The van der Waals surface area contributed by atoms with Gasteiger partial charge in [-0.15, -0.1) is 0 Å². The fourth-order valence-electron chi connectivity index (χ4n) is 5.43. The molecule has 0 spiro atoms. The first kappa shape index (κ1) is 26.7. The lowest BCUT2D eigenvalue weighted by molar-refractivity contribution is -0.134. The summed E-state index contributed by atoms with van der Waals surface area (Å²) < 4.78 is 10.8. The monoisotopic (exact) mass is 532 g/mol. The van der Waals surface area contributed by atoms with Gasteiger partial charge in [-0.05, 0) is 61.3 Å². The Kier molecular flexibility index (Phi) is 8.14. The number of aryl methyl sites for hydroxylation is 1. The van der Waals surface area contributed by atoms with E-state index in [0.717, 1.165) is 30.6 Å². The van der Waals surface area contributed by atoms with Crippen LogP contribution in [-0.4, -0.2) is 73.1 Å². The molecule has 1 N–H and O–H groups in total. The summed E-state index contributed by atoms with van der Waals surface area (Å²) in [5.74, 6) is 0.932. The van der Waals surface area contributed by atoms with Crippen molar-refractivity contribution in [3.8, 4) is 6.07 Å². The molecule has 11 nitrogen and oxygen atoms in total. The molecule has 2 atom stereocenters. The molecule has 2 aromatic rings. The van der Waals surface area contributed by atoms with Gasteiger partial charge >= 0.3 is 6.03 Å². The number of urea groups is 1. The van der Waals surface area contributed by atoms with Crippen molar-refractivity contribution in [3.63, 3.8) is 0 Å². The molecule has 3 aliphatic heterocycles. The molecule has 2 fully saturated rings.